The Bertz CT molecular complexity index is 1780. The second kappa shape index (κ2) is 11.8. The Hall–Kier alpha value is -4.24. The number of rotatable bonds is 11. The molecule has 4 aromatic rings. The molecule has 0 radical (unpaired) electrons. The minimum absolute atomic E-state index is 0.0797. The van der Waals surface area contributed by atoms with E-state index in [1.165, 1.54) is 29.5 Å². The van der Waals surface area contributed by atoms with Gasteiger partial charge in [-0.1, -0.05) is 28.6 Å². The molecule has 2 unspecified atom stereocenters. The SMILES string of the molecule is O=CN(CC(=O)O)c1cc(F)c2nc(N3C4CCC3CC(OCc3c(-c5ccccc5OC(F)(F)F)noc3C3CC3)C4)sc2c1. The van der Waals surface area contributed by atoms with Crippen molar-refractivity contribution in [2.45, 2.75) is 75.6 Å². The van der Waals surface area contributed by atoms with Crippen LogP contribution in [0.3, 0.4) is 0 Å². The van der Waals surface area contributed by atoms with Crippen molar-refractivity contribution in [2.24, 2.45) is 0 Å². The van der Waals surface area contributed by atoms with Crippen molar-refractivity contribution in [1.82, 2.24) is 10.1 Å². The molecule has 46 heavy (non-hydrogen) atoms. The van der Waals surface area contributed by atoms with Crippen LogP contribution in [0.4, 0.5) is 28.4 Å². The van der Waals surface area contributed by atoms with Gasteiger partial charge in [-0.2, -0.15) is 0 Å². The minimum atomic E-state index is -4.86. The normalized spacial score (nSPS) is 21.1. The van der Waals surface area contributed by atoms with Crippen LogP contribution in [0, 0.1) is 5.82 Å². The van der Waals surface area contributed by atoms with Crippen LogP contribution in [0.25, 0.3) is 21.5 Å². The average Bonchev–Trinajstić information content (AvgIpc) is 3.52. The maximum absolute atomic E-state index is 15.1. The monoisotopic (exact) mass is 660 g/mol. The summed E-state index contributed by atoms with van der Waals surface area (Å²) in [5, 5.41) is 13.9. The zero-order chi connectivity index (χ0) is 32.2. The molecular weight excluding hydrogens is 632 g/mol. The number of alkyl halides is 3. The molecule has 2 bridgehead atoms. The van der Waals surface area contributed by atoms with Crippen molar-refractivity contribution in [1.29, 1.82) is 0 Å². The quantitative estimate of drug-likeness (QED) is 0.140. The molecular formula is C31H28F4N4O6S. The number of halogens is 4. The summed E-state index contributed by atoms with van der Waals surface area (Å²) in [5.74, 6) is -1.45. The van der Waals surface area contributed by atoms with Gasteiger partial charge >= 0.3 is 12.3 Å². The molecule has 3 fully saturated rings. The summed E-state index contributed by atoms with van der Waals surface area (Å²) in [4.78, 5) is 30.3. The highest BCUT2D eigenvalue weighted by atomic mass is 32.1. The van der Waals surface area contributed by atoms with E-state index in [-0.39, 0.29) is 58.9 Å². The summed E-state index contributed by atoms with van der Waals surface area (Å²) < 4.78 is 71.3. The van der Waals surface area contributed by atoms with Gasteiger partial charge in [0, 0.05) is 34.8 Å². The molecule has 2 saturated heterocycles. The number of carbonyl (C=O) groups is 2. The van der Waals surface area contributed by atoms with Gasteiger partial charge in [0.25, 0.3) is 0 Å². The van der Waals surface area contributed by atoms with E-state index in [1.807, 2.05) is 0 Å². The third-order valence-corrected chi connectivity index (χ3v) is 9.71. The third kappa shape index (κ3) is 6.00. The summed E-state index contributed by atoms with van der Waals surface area (Å²) in [6, 6.07) is 8.68. The topological polar surface area (TPSA) is 118 Å². The highest BCUT2D eigenvalue weighted by molar-refractivity contribution is 7.22. The molecule has 2 aliphatic heterocycles. The fraction of sp³-hybridized carbons (Fsp3) is 0.419. The molecule has 15 heteroatoms. The molecule has 242 valence electrons. The van der Waals surface area contributed by atoms with E-state index in [9.17, 15) is 22.8 Å². The van der Waals surface area contributed by atoms with Gasteiger partial charge < -0.3 is 28.9 Å². The first-order valence-electron chi connectivity index (χ1n) is 14.8. The number of aromatic nitrogens is 2. The summed E-state index contributed by atoms with van der Waals surface area (Å²) in [6.45, 7) is -0.474. The Morgan fingerprint density at radius 3 is 2.57 bits per heavy atom. The lowest BCUT2D eigenvalue weighted by molar-refractivity contribution is -0.274. The lowest BCUT2D eigenvalue weighted by Crippen LogP contribution is -2.45. The molecule has 3 aliphatic rings. The van der Waals surface area contributed by atoms with Crippen LogP contribution in [-0.4, -0.2) is 58.7 Å². The third-order valence-electron chi connectivity index (χ3n) is 8.70. The molecule has 10 nitrogen and oxygen atoms in total. The Labute approximate surface area is 263 Å². The molecule has 2 atom stereocenters. The molecule has 1 N–H and O–H groups in total. The Morgan fingerprint density at radius 1 is 1.15 bits per heavy atom. The summed E-state index contributed by atoms with van der Waals surface area (Å²) >= 11 is 1.29. The van der Waals surface area contributed by atoms with Crippen LogP contribution in [0.15, 0.2) is 40.9 Å². The average molecular weight is 661 g/mol. The van der Waals surface area contributed by atoms with Crippen LogP contribution in [0.5, 0.6) is 5.75 Å². The lowest BCUT2D eigenvalue weighted by atomic mass is 10.00. The molecule has 1 aliphatic carbocycles. The number of para-hydroxylation sites is 1. The number of carboxylic acid groups (broad SMARTS) is 1. The molecule has 1 amide bonds. The van der Waals surface area contributed by atoms with Gasteiger partial charge in [0.1, 0.15) is 29.3 Å². The fourth-order valence-corrected chi connectivity index (χ4v) is 7.72. The highest BCUT2D eigenvalue weighted by Gasteiger charge is 2.43. The van der Waals surface area contributed by atoms with Crippen molar-refractivity contribution in [3.8, 4) is 17.0 Å². The van der Waals surface area contributed by atoms with Crippen molar-refractivity contribution in [3.63, 3.8) is 0 Å². The maximum Gasteiger partial charge on any atom is 0.573 e. The van der Waals surface area contributed by atoms with Gasteiger partial charge in [-0.25, -0.2) is 9.37 Å². The number of hydrogen-bond donors (Lipinski definition) is 1. The van der Waals surface area contributed by atoms with Gasteiger partial charge in [-0.15, -0.1) is 13.2 Å². The van der Waals surface area contributed by atoms with Gasteiger partial charge in [0.15, 0.2) is 10.9 Å². The van der Waals surface area contributed by atoms with Crippen LogP contribution < -0.4 is 14.5 Å². The number of anilines is 2. The van der Waals surface area contributed by atoms with Gasteiger partial charge in [-0.05, 0) is 62.8 Å². The summed E-state index contributed by atoms with van der Waals surface area (Å²) in [5.41, 5.74) is 1.37. The van der Waals surface area contributed by atoms with Crippen LogP contribution in [-0.2, 0) is 20.9 Å². The number of aliphatic carboxylic acids is 1. The zero-order valence-electron chi connectivity index (χ0n) is 24.2. The van der Waals surface area contributed by atoms with Crippen LogP contribution in [0.2, 0.25) is 0 Å². The molecule has 4 heterocycles. The van der Waals surface area contributed by atoms with Crippen molar-refractivity contribution in [2.75, 3.05) is 16.3 Å². The number of fused-ring (bicyclic) bond motifs is 3. The first-order chi connectivity index (χ1) is 22.1. The largest absolute Gasteiger partial charge is 0.573 e. The second-order valence-corrected chi connectivity index (χ2v) is 12.8. The zero-order valence-corrected chi connectivity index (χ0v) is 25.0. The van der Waals surface area contributed by atoms with E-state index in [4.69, 9.17) is 14.4 Å². The van der Waals surface area contributed by atoms with Gasteiger partial charge in [0.05, 0.1) is 17.4 Å². The summed E-state index contributed by atoms with van der Waals surface area (Å²) in [6.07, 6.45) is 0.280. The highest BCUT2D eigenvalue weighted by Crippen LogP contribution is 2.47. The molecule has 7 rings (SSSR count). The molecule has 1 saturated carbocycles. The first-order valence-corrected chi connectivity index (χ1v) is 15.7. The van der Waals surface area contributed by atoms with Gasteiger partial charge in [0.2, 0.25) is 6.41 Å². The predicted octanol–water partition coefficient (Wildman–Crippen LogP) is 6.63. The van der Waals surface area contributed by atoms with E-state index >= 15 is 4.39 Å². The molecule has 2 aromatic heterocycles. The van der Waals surface area contributed by atoms with E-state index in [0.29, 0.717) is 40.4 Å². The Kier molecular flexibility index (Phi) is 7.83. The number of nitrogens with zero attached hydrogens (tertiary/aromatic N) is 4. The number of amides is 1. The van der Waals surface area contributed by atoms with E-state index in [0.717, 1.165) is 36.6 Å². The van der Waals surface area contributed by atoms with E-state index in [1.54, 1.807) is 12.1 Å². The maximum atomic E-state index is 15.1. The Balaban J connectivity index is 1.09. The van der Waals surface area contributed by atoms with E-state index in [2.05, 4.69) is 19.8 Å². The first kappa shape index (κ1) is 30.4. The fourth-order valence-electron chi connectivity index (χ4n) is 6.57. The van der Waals surface area contributed by atoms with Crippen molar-refractivity contribution < 1.29 is 46.3 Å². The van der Waals surface area contributed by atoms with Crippen molar-refractivity contribution in [3.05, 3.63) is 53.5 Å². The predicted molar refractivity (Wildman–Crippen MR) is 158 cm³/mol. The minimum Gasteiger partial charge on any atom is -0.480 e. The lowest BCUT2D eigenvalue weighted by Gasteiger charge is -2.38. The second-order valence-electron chi connectivity index (χ2n) is 11.8. The molecule has 2 aromatic carbocycles. The van der Waals surface area contributed by atoms with Crippen LogP contribution in [0.1, 0.15) is 55.8 Å². The number of carboxylic acids is 1. The van der Waals surface area contributed by atoms with Gasteiger partial charge in [-0.3, -0.25) is 9.59 Å². The number of hydrogen-bond acceptors (Lipinski definition) is 9. The van der Waals surface area contributed by atoms with Crippen LogP contribution >= 0.6 is 11.3 Å². The molecule has 0 spiro atoms. The smallest absolute Gasteiger partial charge is 0.480 e. The number of thiazole rings is 1. The van der Waals surface area contributed by atoms with Crippen molar-refractivity contribution >= 4 is 44.8 Å². The number of benzene rings is 2. The Morgan fingerprint density at radius 2 is 1.89 bits per heavy atom. The number of carbonyl (C=O) groups excluding carboxylic acids is 1. The van der Waals surface area contributed by atoms with E-state index < -0.39 is 24.7 Å². The number of ether oxygens (including phenoxy) is 2. The standard InChI is InChI=1S/C31H28F4N4O6S/c32-23-11-19(38(15-40)13-26(41)42)12-25-28(23)36-30(46-25)39-17-7-8-18(39)10-20(9-17)43-14-22-27(37-45-29(22)16-5-6-16)21-3-1-2-4-24(21)44-31(33,34)35/h1-4,11-12,15-18,20H,5-10,13-14H2,(H,41,42). The number of piperidine rings is 1. The summed E-state index contributed by atoms with van der Waals surface area (Å²) in [7, 11) is 0.